The Bertz CT molecular complexity index is 234. The van der Waals surface area contributed by atoms with E-state index in [1.165, 1.54) is 32.1 Å². The smallest absolute Gasteiger partial charge is 0.291 e. The van der Waals surface area contributed by atoms with E-state index in [-0.39, 0.29) is 13.2 Å². The van der Waals surface area contributed by atoms with Crippen LogP contribution < -0.4 is 0 Å². The summed E-state index contributed by atoms with van der Waals surface area (Å²) in [6.45, 7) is 2.95. The van der Waals surface area contributed by atoms with Gasteiger partial charge in [0.1, 0.15) is 6.10 Å². The minimum Gasteiger partial charge on any atom is -0.394 e. The summed E-state index contributed by atoms with van der Waals surface area (Å²) in [6, 6.07) is 0. The molecule has 1 atom stereocenters. The Morgan fingerprint density at radius 3 is 1.82 bits per heavy atom. The summed E-state index contributed by atoms with van der Waals surface area (Å²) in [4.78, 5) is 16.7. The number of ether oxygens (including phenoxy) is 1. The van der Waals surface area contributed by atoms with Gasteiger partial charge in [-0.15, -0.1) is 20.2 Å². The lowest BCUT2D eigenvalue weighted by atomic mass is 10.1. The van der Waals surface area contributed by atoms with Crippen LogP contribution in [0.4, 0.5) is 0 Å². The summed E-state index contributed by atoms with van der Waals surface area (Å²) >= 11 is 0. The summed E-state index contributed by atoms with van der Waals surface area (Å²) in [5, 5.41) is 44.7. The molecule has 11 nitrogen and oxygen atoms in total. The van der Waals surface area contributed by atoms with Crippen molar-refractivity contribution in [3.05, 3.63) is 20.2 Å². The van der Waals surface area contributed by atoms with Crippen molar-refractivity contribution in [1.29, 1.82) is 0 Å². The number of rotatable bonds is 10. The van der Waals surface area contributed by atoms with E-state index >= 15 is 0 Å². The average Bonchev–Trinajstić information content (AvgIpc) is 2.40. The minimum absolute atomic E-state index is 0.212. The molecule has 0 bridgehead atoms. The number of hydrogen-bond donors (Lipinski definition) is 4. The monoisotopic (exact) mass is 330 g/mol. The lowest BCUT2D eigenvalue weighted by Gasteiger charge is -2.07. The largest absolute Gasteiger partial charge is 0.394 e. The molecule has 0 aromatic carbocycles. The van der Waals surface area contributed by atoms with Crippen molar-refractivity contribution in [2.24, 2.45) is 0 Å². The fraction of sp³-hybridized carbons (Fsp3) is 1.00. The van der Waals surface area contributed by atoms with Crippen LogP contribution in [0.3, 0.4) is 0 Å². The third kappa shape index (κ3) is 51.7. The molecular formula is C11H26N2O9. The second-order valence-corrected chi connectivity index (χ2v) is 4.15. The summed E-state index contributed by atoms with van der Waals surface area (Å²) in [6.07, 6.45) is 6.74. The molecule has 4 N–H and O–H groups in total. The maximum Gasteiger partial charge on any atom is 0.291 e. The van der Waals surface area contributed by atoms with Crippen molar-refractivity contribution in [3.8, 4) is 0 Å². The Kier molecular flexibility index (Phi) is 24.8. The first kappa shape index (κ1) is 25.2. The Labute approximate surface area is 128 Å². The average molecular weight is 330 g/mol. The van der Waals surface area contributed by atoms with E-state index in [9.17, 15) is 0 Å². The Hall–Kier alpha value is -1.72. The highest BCUT2D eigenvalue weighted by Crippen LogP contribution is 2.04. The molecule has 0 aliphatic heterocycles. The number of hydrogen-bond acceptors (Lipinski definition) is 7. The van der Waals surface area contributed by atoms with Crippen molar-refractivity contribution >= 4 is 0 Å². The molecule has 22 heavy (non-hydrogen) atoms. The van der Waals surface area contributed by atoms with Crippen molar-refractivity contribution in [2.45, 2.75) is 51.6 Å². The quantitative estimate of drug-likeness (QED) is 0.258. The number of nitrogens with zero attached hydrogens (tertiary/aromatic N) is 2. The molecule has 134 valence electrons. The van der Waals surface area contributed by atoms with Crippen molar-refractivity contribution in [2.75, 3.05) is 19.8 Å². The van der Waals surface area contributed by atoms with Gasteiger partial charge in [0.2, 0.25) is 0 Å². The highest BCUT2D eigenvalue weighted by Gasteiger charge is 2.00. The summed E-state index contributed by atoms with van der Waals surface area (Å²) in [5.41, 5.74) is 0. The molecule has 0 saturated carbocycles. The molecule has 0 radical (unpaired) electrons. The highest BCUT2D eigenvalue weighted by molar-refractivity contribution is 4.49. The molecule has 0 saturated heterocycles. The van der Waals surface area contributed by atoms with E-state index in [1.807, 2.05) is 0 Å². The first-order valence-electron chi connectivity index (χ1n) is 6.81. The molecule has 0 spiro atoms. The SMILES string of the molecule is CCCCCCCCOCC(O)CO.O=[N+]([O-])O.O=[N+]([O-])O. The number of unbranched alkanes of at least 4 members (excludes halogenated alkanes) is 5. The van der Waals surface area contributed by atoms with Crippen LogP contribution in [-0.2, 0) is 4.74 Å². The van der Waals surface area contributed by atoms with Crippen LogP contribution in [0.15, 0.2) is 0 Å². The van der Waals surface area contributed by atoms with Gasteiger partial charge in [-0.05, 0) is 6.42 Å². The summed E-state index contributed by atoms with van der Waals surface area (Å²) in [5.74, 6) is 0. The fourth-order valence-corrected chi connectivity index (χ4v) is 1.26. The molecule has 11 heteroatoms. The molecule has 0 rings (SSSR count). The van der Waals surface area contributed by atoms with Gasteiger partial charge >= 0.3 is 0 Å². The molecule has 0 fully saturated rings. The van der Waals surface area contributed by atoms with Crippen LogP contribution in [0.25, 0.3) is 0 Å². The van der Waals surface area contributed by atoms with Crippen LogP contribution in [0.1, 0.15) is 45.4 Å². The van der Waals surface area contributed by atoms with Crippen molar-refractivity contribution in [1.82, 2.24) is 0 Å². The second-order valence-electron chi connectivity index (χ2n) is 4.15. The normalized spacial score (nSPS) is 10.5. The first-order chi connectivity index (χ1) is 10.3. The van der Waals surface area contributed by atoms with E-state index in [1.54, 1.807) is 0 Å². The number of aliphatic hydroxyl groups excluding tert-OH is 2. The molecule has 1 unspecified atom stereocenters. The summed E-state index contributed by atoms with van der Waals surface area (Å²) in [7, 11) is 0. The fourth-order valence-electron chi connectivity index (χ4n) is 1.26. The standard InChI is InChI=1S/C11H24O3.2HNO3/c1-2-3-4-5-6-7-8-14-10-11(13)9-12;2*2-1(3)4/h11-13H,2-10H2,1H3;2*(H,2,3,4). The van der Waals surface area contributed by atoms with Crippen molar-refractivity contribution in [3.63, 3.8) is 0 Å². The summed E-state index contributed by atoms with van der Waals surface area (Å²) < 4.78 is 5.18. The van der Waals surface area contributed by atoms with Gasteiger partial charge in [0.25, 0.3) is 10.2 Å². The van der Waals surface area contributed by atoms with Gasteiger partial charge in [-0.25, -0.2) is 0 Å². The van der Waals surface area contributed by atoms with Crippen LogP contribution in [0, 0.1) is 20.2 Å². The van der Waals surface area contributed by atoms with Crippen LogP contribution >= 0.6 is 0 Å². The molecule has 0 aromatic heterocycles. The molecule has 0 amide bonds. The Morgan fingerprint density at radius 1 is 1.00 bits per heavy atom. The van der Waals surface area contributed by atoms with Gasteiger partial charge < -0.3 is 25.4 Å². The predicted molar refractivity (Wildman–Crippen MR) is 74.8 cm³/mol. The van der Waals surface area contributed by atoms with Gasteiger partial charge in [0.05, 0.1) is 13.2 Å². The van der Waals surface area contributed by atoms with Crippen LogP contribution in [0.5, 0.6) is 0 Å². The highest BCUT2D eigenvalue weighted by atomic mass is 16.9. The molecule has 0 aliphatic carbocycles. The van der Waals surface area contributed by atoms with Crippen molar-refractivity contribution < 1.29 is 35.5 Å². The zero-order chi connectivity index (χ0) is 17.8. The predicted octanol–water partition coefficient (Wildman–Crippen LogP) is 1.02. The minimum atomic E-state index is -1.50. The second kappa shape index (κ2) is 21.6. The van der Waals surface area contributed by atoms with E-state index in [4.69, 9.17) is 45.6 Å². The van der Waals surface area contributed by atoms with E-state index in [0.717, 1.165) is 6.42 Å². The van der Waals surface area contributed by atoms with Gasteiger partial charge in [-0.1, -0.05) is 39.0 Å². The third-order valence-corrected chi connectivity index (χ3v) is 2.16. The van der Waals surface area contributed by atoms with E-state index in [0.29, 0.717) is 6.61 Å². The molecular weight excluding hydrogens is 304 g/mol. The molecule has 0 aliphatic rings. The van der Waals surface area contributed by atoms with Gasteiger partial charge in [0.15, 0.2) is 0 Å². The maximum absolute atomic E-state index is 8.96. The maximum atomic E-state index is 8.96. The van der Waals surface area contributed by atoms with Gasteiger partial charge in [0, 0.05) is 6.61 Å². The number of aliphatic hydroxyl groups is 2. The zero-order valence-electron chi connectivity index (χ0n) is 12.7. The van der Waals surface area contributed by atoms with Gasteiger partial charge in [-0.3, -0.25) is 0 Å². The topological polar surface area (TPSA) is 176 Å². The van der Waals surface area contributed by atoms with Crippen LogP contribution in [0.2, 0.25) is 0 Å². The Morgan fingerprint density at radius 2 is 1.41 bits per heavy atom. The van der Waals surface area contributed by atoms with E-state index in [2.05, 4.69) is 6.92 Å². The lowest BCUT2D eigenvalue weighted by molar-refractivity contribution is -0.742. The third-order valence-electron chi connectivity index (χ3n) is 2.16. The lowest BCUT2D eigenvalue weighted by Crippen LogP contribution is -2.19. The van der Waals surface area contributed by atoms with Crippen LogP contribution in [-0.4, -0.2) is 56.7 Å². The first-order valence-corrected chi connectivity index (χ1v) is 6.81. The molecule has 0 aromatic rings. The molecule has 0 heterocycles. The van der Waals surface area contributed by atoms with Gasteiger partial charge in [-0.2, -0.15) is 0 Å². The van der Waals surface area contributed by atoms with E-state index < -0.39 is 16.3 Å². The Balaban J connectivity index is -0.000000372. The zero-order valence-corrected chi connectivity index (χ0v) is 12.7.